The highest BCUT2D eigenvalue weighted by Gasteiger charge is 2.19. The van der Waals surface area contributed by atoms with Gasteiger partial charge in [0.05, 0.1) is 5.69 Å². The first kappa shape index (κ1) is 17.6. The van der Waals surface area contributed by atoms with Gasteiger partial charge < -0.3 is 4.90 Å². The largest absolute Gasteiger partial charge is 0.354 e. The van der Waals surface area contributed by atoms with Crippen LogP contribution >= 0.6 is 0 Å². The first-order valence-electron chi connectivity index (χ1n) is 9.30. The second-order valence-electron chi connectivity index (χ2n) is 6.91. The number of aryl methyl sites for hydroxylation is 1. The van der Waals surface area contributed by atoms with Crippen molar-refractivity contribution in [3.8, 4) is 11.3 Å². The average Bonchev–Trinajstić information content (AvgIpc) is 2.70. The smallest absolute Gasteiger partial charge is 0.132 e. The summed E-state index contributed by atoms with van der Waals surface area (Å²) in [5.41, 5.74) is 3.22. The lowest BCUT2D eigenvalue weighted by Crippen LogP contribution is -2.46. The minimum Gasteiger partial charge on any atom is -0.354 e. The molecule has 0 atom stereocenters. The molecule has 2 heterocycles. The van der Waals surface area contributed by atoms with Gasteiger partial charge in [0.25, 0.3) is 0 Å². The summed E-state index contributed by atoms with van der Waals surface area (Å²) in [5.74, 6) is 1.60. The molecule has 2 aromatic carbocycles. The van der Waals surface area contributed by atoms with Crippen molar-refractivity contribution in [2.24, 2.45) is 0 Å². The number of rotatable bonds is 4. The van der Waals surface area contributed by atoms with E-state index >= 15 is 0 Å². The number of anilines is 1. The van der Waals surface area contributed by atoms with E-state index in [1.165, 1.54) is 12.1 Å². The second kappa shape index (κ2) is 7.84. The van der Waals surface area contributed by atoms with E-state index in [4.69, 9.17) is 0 Å². The van der Waals surface area contributed by atoms with Gasteiger partial charge in [0.2, 0.25) is 0 Å². The molecule has 4 nitrogen and oxygen atoms in total. The summed E-state index contributed by atoms with van der Waals surface area (Å²) in [6.07, 6.45) is 0. The molecule has 0 aliphatic carbocycles. The van der Waals surface area contributed by atoms with Crippen molar-refractivity contribution < 1.29 is 4.39 Å². The molecule has 138 valence electrons. The Morgan fingerprint density at radius 2 is 1.59 bits per heavy atom. The van der Waals surface area contributed by atoms with Crippen LogP contribution in [0.4, 0.5) is 10.2 Å². The quantitative estimate of drug-likeness (QED) is 0.704. The second-order valence-corrected chi connectivity index (χ2v) is 6.91. The van der Waals surface area contributed by atoms with Crippen LogP contribution in [0.1, 0.15) is 11.4 Å². The molecule has 0 N–H and O–H groups in total. The maximum atomic E-state index is 13.1. The van der Waals surface area contributed by atoms with Gasteiger partial charge in [-0.2, -0.15) is 0 Å². The Morgan fingerprint density at radius 1 is 0.889 bits per heavy atom. The molecule has 1 aliphatic rings. The third kappa shape index (κ3) is 4.31. The molecule has 0 unspecified atom stereocenters. The van der Waals surface area contributed by atoms with Crippen molar-refractivity contribution in [3.63, 3.8) is 0 Å². The standard InChI is InChI=1S/C22H23FN4/c1-17-24-21(19-5-3-2-4-6-19)15-22(25-17)27-13-11-26(12-14-27)16-18-7-9-20(23)10-8-18/h2-10,15H,11-14,16H2,1H3. The summed E-state index contributed by atoms with van der Waals surface area (Å²) in [4.78, 5) is 14.0. The van der Waals surface area contributed by atoms with Gasteiger partial charge in [-0.3, -0.25) is 4.90 Å². The van der Waals surface area contributed by atoms with E-state index < -0.39 is 0 Å². The summed E-state index contributed by atoms with van der Waals surface area (Å²) in [6.45, 7) is 6.56. The maximum Gasteiger partial charge on any atom is 0.132 e. The predicted molar refractivity (Wildman–Crippen MR) is 106 cm³/mol. The number of benzene rings is 2. The van der Waals surface area contributed by atoms with Crippen LogP contribution in [0, 0.1) is 12.7 Å². The van der Waals surface area contributed by atoms with E-state index in [1.807, 2.05) is 37.3 Å². The minimum atomic E-state index is -0.183. The Balaban J connectivity index is 1.43. The van der Waals surface area contributed by atoms with E-state index in [0.29, 0.717) is 0 Å². The number of piperazine rings is 1. The maximum absolute atomic E-state index is 13.1. The van der Waals surface area contributed by atoms with Crippen LogP contribution in [-0.2, 0) is 6.54 Å². The lowest BCUT2D eigenvalue weighted by Gasteiger charge is -2.35. The van der Waals surface area contributed by atoms with Gasteiger partial charge in [0, 0.05) is 44.4 Å². The third-order valence-electron chi connectivity index (χ3n) is 4.91. The van der Waals surface area contributed by atoms with Crippen molar-refractivity contribution in [2.45, 2.75) is 13.5 Å². The Kier molecular flexibility index (Phi) is 5.12. The third-order valence-corrected chi connectivity index (χ3v) is 4.91. The summed E-state index contributed by atoms with van der Waals surface area (Å²) in [5, 5.41) is 0. The van der Waals surface area contributed by atoms with E-state index in [2.05, 4.69) is 38.0 Å². The van der Waals surface area contributed by atoms with Gasteiger partial charge in [-0.15, -0.1) is 0 Å². The van der Waals surface area contributed by atoms with Crippen LogP contribution in [0.15, 0.2) is 60.7 Å². The number of halogens is 1. The van der Waals surface area contributed by atoms with E-state index in [1.54, 1.807) is 0 Å². The zero-order valence-corrected chi connectivity index (χ0v) is 15.5. The Labute approximate surface area is 159 Å². The number of aromatic nitrogens is 2. The lowest BCUT2D eigenvalue weighted by molar-refractivity contribution is 0.249. The molecule has 1 fully saturated rings. The van der Waals surface area contributed by atoms with Crippen LogP contribution in [0.5, 0.6) is 0 Å². The molecule has 3 aromatic rings. The van der Waals surface area contributed by atoms with Crippen LogP contribution in [0.3, 0.4) is 0 Å². The average molecular weight is 362 g/mol. The van der Waals surface area contributed by atoms with Gasteiger partial charge >= 0.3 is 0 Å². The minimum absolute atomic E-state index is 0.183. The summed E-state index contributed by atoms with van der Waals surface area (Å²) >= 11 is 0. The molecular formula is C22H23FN4. The van der Waals surface area contributed by atoms with Gasteiger partial charge in [-0.05, 0) is 24.6 Å². The van der Waals surface area contributed by atoms with Gasteiger partial charge in [-0.1, -0.05) is 42.5 Å². The van der Waals surface area contributed by atoms with E-state index in [-0.39, 0.29) is 5.82 Å². The van der Waals surface area contributed by atoms with Gasteiger partial charge in [-0.25, -0.2) is 14.4 Å². The molecule has 0 saturated carbocycles. The molecule has 27 heavy (non-hydrogen) atoms. The Morgan fingerprint density at radius 3 is 2.30 bits per heavy atom. The first-order chi connectivity index (χ1) is 13.2. The zero-order valence-electron chi connectivity index (χ0n) is 15.5. The van der Waals surface area contributed by atoms with Crippen molar-refractivity contribution in [1.29, 1.82) is 0 Å². The zero-order chi connectivity index (χ0) is 18.6. The van der Waals surface area contributed by atoms with Crippen LogP contribution in [-0.4, -0.2) is 41.0 Å². The molecule has 1 saturated heterocycles. The molecule has 0 amide bonds. The molecule has 0 radical (unpaired) electrons. The SMILES string of the molecule is Cc1nc(-c2ccccc2)cc(N2CCN(Cc3ccc(F)cc3)CC2)n1. The molecule has 1 aliphatic heterocycles. The lowest BCUT2D eigenvalue weighted by atomic mass is 10.1. The fourth-order valence-electron chi connectivity index (χ4n) is 3.45. The highest BCUT2D eigenvalue weighted by molar-refractivity contribution is 5.62. The van der Waals surface area contributed by atoms with Crippen molar-refractivity contribution in [2.75, 3.05) is 31.1 Å². The Bertz CT molecular complexity index is 888. The predicted octanol–water partition coefficient (Wildman–Crippen LogP) is 3.91. The first-order valence-corrected chi connectivity index (χ1v) is 9.30. The van der Waals surface area contributed by atoms with Crippen LogP contribution in [0.25, 0.3) is 11.3 Å². The molecular weight excluding hydrogens is 339 g/mol. The summed E-state index contributed by atoms with van der Waals surface area (Å²) in [7, 11) is 0. The number of hydrogen-bond acceptors (Lipinski definition) is 4. The summed E-state index contributed by atoms with van der Waals surface area (Å²) in [6, 6.07) is 19.1. The topological polar surface area (TPSA) is 32.3 Å². The molecule has 0 spiro atoms. The molecule has 1 aromatic heterocycles. The van der Waals surface area contributed by atoms with E-state index in [9.17, 15) is 4.39 Å². The van der Waals surface area contributed by atoms with Gasteiger partial charge in [0.15, 0.2) is 0 Å². The van der Waals surface area contributed by atoms with Crippen LogP contribution < -0.4 is 4.90 Å². The van der Waals surface area contributed by atoms with E-state index in [0.717, 1.165) is 61.2 Å². The monoisotopic (exact) mass is 362 g/mol. The van der Waals surface area contributed by atoms with Crippen molar-refractivity contribution >= 4 is 5.82 Å². The summed E-state index contributed by atoms with van der Waals surface area (Å²) < 4.78 is 13.1. The normalized spacial score (nSPS) is 15.1. The van der Waals surface area contributed by atoms with Crippen molar-refractivity contribution in [3.05, 3.63) is 77.9 Å². The fourth-order valence-corrected chi connectivity index (χ4v) is 3.45. The molecule has 5 heteroatoms. The fraction of sp³-hybridized carbons (Fsp3) is 0.273. The van der Waals surface area contributed by atoms with Crippen molar-refractivity contribution in [1.82, 2.24) is 14.9 Å². The molecule has 0 bridgehead atoms. The van der Waals surface area contributed by atoms with Gasteiger partial charge in [0.1, 0.15) is 17.5 Å². The highest BCUT2D eigenvalue weighted by atomic mass is 19.1. The number of nitrogens with zero attached hydrogens (tertiary/aromatic N) is 4. The molecule has 4 rings (SSSR count). The van der Waals surface area contributed by atoms with Crippen LogP contribution in [0.2, 0.25) is 0 Å². The highest BCUT2D eigenvalue weighted by Crippen LogP contribution is 2.23. The number of hydrogen-bond donors (Lipinski definition) is 0. The Hall–Kier alpha value is -2.79.